The first kappa shape index (κ1) is 19.0. The summed E-state index contributed by atoms with van der Waals surface area (Å²) in [6, 6.07) is 3.46. The maximum atomic E-state index is 13.4. The van der Waals surface area contributed by atoms with Crippen LogP contribution >= 0.6 is 0 Å². The third-order valence-electron chi connectivity index (χ3n) is 4.91. The van der Waals surface area contributed by atoms with Gasteiger partial charge in [0, 0.05) is 36.3 Å². The van der Waals surface area contributed by atoms with Crippen LogP contribution in [0.25, 0.3) is 0 Å². The van der Waals surface area contributed by atoms with Gasteiger partial charge in [0.1, 0.15) is 5.82 Å². The molecule has 0 unspecified atom stereocenters. The van der Waals surface area contributed by atoms with Gasteiger partial charge in [0.25, 0.3) is 5.91 Å². The van der Waals surface area contributed by atoms with Gasteiger partial charge in [-0.15, -0.1) is 0 Å². The zero-order valence-electron chi connectivity index (χ0n) is 15.0. The monoisotopic (exact) mass is 374 g/mol. The molecular formula is C19H23FN4O3. The van der Waals surface area contributed by atoms with Gasteiger partial charge in [-0.05, 0) is 37.5 Å². The summed E-state index contributed by atoms with van der Waals surface area (Å²) in [5.74, 6) is -1.46. The van der Waals surface area contributed by atoms with Gasteiger partial charge in [0.15, 0.2) is 0 Å². The van der Waals surface area contributed by atoms with Gasteiger partial charge in [0.05, 0.1) is 18.5 Å². The van der Waals surface area contributed by atoms with Crippen LogP contribution in [0.1, 0.15) is 34.5 Å². The number of carbonyl (C=O) groups is 2. The van der Waals surface area contributed by atoms with Gasteiger partial charge in [0.2, 0.25) is 5.91 Å². The maximum absolute atomic E-state index is 13.4. The standard InChI is InChI=1S/C19H23FN4O3/c1-11-2-3-13(20)8-15(11)19(27)24-16-6-12(7-17(16)25)18(26)22-5-4-14-9-21-10-23-14/h2-3,8-10,12,16-17,25H,4-7H2,1H3,(H,21,23)(H,22,26)(H,24,27)/t12-,16+,17+/m0/s1. The van der Waals surface area contributed by atoms with Crippen molar-refractivity contribution in [2.24, 2.45) is 5.92 Å². The van der Waals surface area contributed by atoms with Crippen LogP contribution < -0.4 is 10.6 Å². The second-order valence-electron chi connectivity index (χ2n) is 6.89. The molecule has 144 valence electrons. The van der Waals surface area contributed by atoms with E-state index < -0.39 is 23.9 Å². The molecule has 1 aromatic carbocycles. The van der Waals surface area contributed by atoms with Crippen molar-refractivity contribution in [2.45, 2.75) is 38.3 Å². The van der Waals surface area contributed by atoms with Gasteiger partial charge in [-0.25, -0.2) is 9.37 Å². The molecule has 1 saturated carbocycles. The molecule has 1 aliphatic carbocycles. The Bertz CT molecular complexity index is 809. The predicted octanol–water partition coefficient (Wildman–Crippen LogP) is 1.09. The third-order valence-corrected chi connectivity index (χ3v) is 4.91. The molecule has 2 aromatic rings. The van der Waals surface area contributed by atoms with Gasteiger partial charge >= 0.3 is 0 Å². The number of hydrogen-bond donors (Lipinski definition) is 4. The highest BCUT2D eigenvalue weighted by molar-refractivity contribution is 5.96. The van der Waals surface area contributed by atoms with Gasteiger partial charge < -0.3 is 20.7 Å². The molecule has 3 atom stereocenters. The molecule has 2 amide bonds. The number of H-pyrrole nitrogens is 1. The maximum Gasteiger partial charge on any atom is 0.251 e. The van der Waals surface area contributed by atoms with Gasteiger partial charge in [-0.1, -0.05) is 6.07 Å². The summed E-state index contributed by atoms with van der Waals surface area (Å²) in [5, 5.41) is 15.8. The minimum Gasteiger partial charge on any atom is -0.391 e. The van der Waals surface area contributed by atoms with E-state index >= 15 is 0 Å². The predicted molar refractivity (Wildman–Crippen MR) is 96.4 cm³/mol. The number of aliphatic hydroxyl groups excluding tert-OH is 1. The Morgan fingerprint density at radius 3 is 2.93 bits per heavy atom. The smallest absolute Gasteiger partial charge is 0.251 e. The highest BCUT2D eigenvalue weighted by Gasteiger charge is 2.37. The molecule has 7 nitrogen and oxygen atoms in total. The van der Waals surface area contributed by atoms with E-state index in [0.717, 1.165) is 5.69 Å². The third kappa shape index (κ3) is 4.71. The molecule has 0 bridgehead atoms. The minimum absolute atomic E-state index is 0.146. The highest BCUT2D eigenvalue weighted by atomic mass is 19.1. The molecule has 1 aliphatic rings. The number of amides is 2. The van der Waals surface area contributed by atoms with Crippen LogP contribution in [-0.4, -0.2) is 45.6 Å². The largest absolute Gasteiger partial charge is 0.391 e. The molecule has 0 spiro atoms. The van der Waals surface area contributed by atoms with Crippen molar-refractivity contribution in [3.05, 3.63) is 53.4 Å². The number of carbonyl (C=O) groups excluding carboxylic acids is 2. The summed E-state index contributed by atoms with van der Waals surface area (Å²) in [6.07, 6.45) is 3.73. The number of hydrogen-bond acceptors (Lipinski definition) is 4. The van der Waals surface area contributed by atoms with Crippen LogP contribution in [0.3, 0.4) is 0 Å². The van der Waals surface area contributed by atoms with Gasteiger partial charge in [-0.3, -0.25) is 9.59 Å². The Hall–Kier alpha value is -2.74. The van der Waals surface area contributed by atoms with E-state index in [1.165, 1.54) is 18.2 Å². The summed E-state index contributed by atoms with van der Waals surface area (Å²) >= 11 is 0. The molecule has 1 fully saturated rings. The molecule has 0 radical (unpaired) electrons. The molecule has 4 N–H and O–H groups in total. The van der Waals surface area contributed by atoms with E-state index in [1.807, 2.05) is 0 Å². The number of halogens is 1. The summed E-state index contributed by atoms with van der Waals surface area (Å²) in [7, 11) is 0. The normalized spacial score (nSPS) is 21.8. The Morgan fingerprint density at radius 2 is 2.19 bits per heavy atom. The fourth-order valence-corrected chi connectivity index (χ4v) is 3.36. The van der Waals surface area contributed by atoms with Crippen LogP contribution in [0.2, 0.25) is 0 Å². The fourth-order valence-electron chi connectivity index (χ4n) is 3.36. The number of aliphatic hydroxyl groups is 1. The summed E-state index contributed by atoms with van der Waals surface area (Å²) < 4.78 is 13.4. The van der Waals surface area contributed by atoms with Crippen molar-refractivity contribution in [3.63, 3.8) is 0 Å². The fraction of sp³-hybridized carbons (Fsp3) is 0.421. The molecule has 1 aromatic heterocycles. The molecule has 8 heteroatoms. The molecule has 1 heterocycles. The SMILES string of the molecule is Cc1ccc(F)cc1C(=O)N[C@@H]1C[C@H](C(=O)NCCc2cnc[nH]2)C[C@H]1O. The quantitative estimate of drug-likeness (QED) is 0.607. The highest BCUT2D eigenvalue weighted by Crippen LogP contribution is 2.27. The van der Waals surface area contributed by atoms with Crippen molar-refractivity contribution in [2.75, 3.05) is 6.54 Å². The van der Waals surface area contributed by atoms with Gasteiger partial charge in [-0.2, -0.15) is 0 Å². The average molecular weight is 374 g/mol. The second-order valence-corrected chi connectivity index (χ2v) is 6.89. The molecule has 0 aliphatic heterocycles. The molecule has 27 heavy (non-hydrogen) atoms. The first-order chi connectivity index (χ1) is 12.9. The average Bonchev–Trinajstić information content (AvgIpc) is 3.27. The van der Waals surface area contributed by atoms with Crippen LogP contribution in [0.5, 0.6) is 0 Å². The number of imidazole rings is 1. The minimum atomic E-state index is -0.814. The van der Waals surface area contributed by atoms with Crippen molar-refractivity contribution >= 4 is 11.8 Å². The Kier molecular flexibility index (Phi) is 5.85. The summed E-state index contributed by atoms with van der Waals surface area (Å²) in [4.78, 5) is 31.6. The van der Waals surface area contributed by atoms with Crippen molar-refractivity contribution in [1.29, 1.82) is 0 Å². The Labute approximate surface area is 156 Å². The van der Waals surface area contributed by atoms with Crippen LogP contribution in [0.4, 0.5) is 4.39 Å². The van der Waals surface area contributed by atoms with E-state index in [4.69, 9.17) is 0 Å². The Morgan fingerprint density at radius 1 is 1.37 bits per heavy atom. The zero-order valence-corrected chi connectivity index (χ0v) is 15.0. The number of nitrogens with one attached hydrogen (secondary N) is 3. The van der Waals surface area contributed by atoms with E-state index in [1.54, 1.807) is 19.4 Å². The lowest BCUT2D eigenvalue weighted by molar-refractivity contribution is -0.125. The first-order valence-electron chi connectivity index (χ1n) is 8.94. The van der Waals surface area contributed by atoms with Crippen LogP contribution in [-0.2, 0) is 11.2 Å². The number of aromatic amines is 1. The molecular weight excluding hydrogens is 351 g/mol. The topological polar surface area (TPSA) is 107 Å². The van der Waals surface area contributed by atoms with Crippen molar-refractivity contribution in [3.8, 4) is 0 Å². The first-order valence-corrected chi connectivity index (χ1v) is 8.94. The zero-order chi connectivity index (χ0) is 19.4. The molecule has 0 saturated heterocycles. The van der Waals surface area contributed by atoms with E-state index in [0.29, 0.717) is 24.9 Å². The number of nitrogens with zero attached hydrogens (tertiary/aromatic N) is 1. The lowest BCUT2D eigenvalue weighted by Crippen LogP contribution is -2.40. The van der Waals surface area contributed by atoms with Crippen LogP contribution in [0.15, 0.2) is 30.7 Å². The second kappa shape index (κ2) is 8.30. The lowest BCUT2D eigenvalue weighted by atomic mass is 10.1. The molecule has 3 rings (SSSR count). The summed E-state index contributed by atoms with van der Waals surface area (Å²) in [5.41, 5.74) is 1.81. The number of rotatable bonds is 6. The number of aryl methyl sites for hydroxylation is 1. The summed E-state index contributed by atoms with van der Waals surface area (Å²) in [6.45, 7) is 2.18. The van der Waals surface area contributed by atoms with Crippen molar-refractivity contribution in [1.82, 2.24) is 20.6 Å². The lowest BCUT2D eigenvalue weighted by Gasteiger charge is -2.17. The van der Waals surface area contributed by atoms with Crippen LogP contribution in [0, 0.1) is 18.7 Å². The van der Waals surface area contributed by atoms with E-state index in [9.17, 15) is 19.1 Å². The number of aromatic nitrogens is 2. The van der Waals surface area contributed by atoms with E-state index in [-0.39, 0.29) is 23.8 Å². The van der Waals surface area contributed by atoms with E-state index in [2.05, 4.69) is 20.6 Å². The van der Waals surface area contributed by atoms with Crippen molar-refractivity contribution < 1.29 is 19.1 Å². The number of benzene rings is 1. The Balaban J connectivity index is 1.52.